The van der Waals surface area contributed by atoms with Crippen LogP contribution in [0.1, 0.15) is 24.5 Å². The van der Waals surface area contributed by atoms with E-state index in [1.165, 1.54) is 12.1 Å². The molecule has 0 heterocycles. The summed E-state index contributed by atoms with van der Waals surface area (Å²) in [4.78, 5) is 4.36. The molecular formula is C19H22FNO2. The largest absolute Gasteiger partial charge is 0.489 e. The fraction of sp³-hybridized carbons (Fsp3) is 0.316. The summed E-state index contributed by atoms with van der Waals surface area (Å²) in [6.45, 7) is 4.60. The molecular weight excluding hydrogens is 293 g/mol. The van der Waals surface area contributed by atoms with Crippen molar-refractivity contribution in [2.24, 2.45) is 4.99 Å². The molecule has 0 unspecified atom stereocenters. The molecule has 0 aliphatic carbocycles. The second-order valence-electron chi connectivity index (χ2n) is 5.07. The minimum Gasteiger partial charge on any atom is -0.489 e. The maximum absolute atomic E-state index is 13.1. The molecule has 0 fully saturated rings. The third kappa shape index (κ3) is 6.61. The van der Waals surface area contributed by atoms with Crippen molar-refractivity contribution in [2.45, 2.75) is 20.0 Å². The van der Waals surface area contributed by atoms with Crippen LogP contribution < -0.4 is 4.74 Å². The average molecular weight is 315 g/mol. The number of hydrogen-bond acceptors (Lipinski definition) is 3. The van der Waals surface area contributed by atoms with Gasteiger partial charge in [-0.05, 0) is 60.9 Å². The van der Waals surface area contributed by atoms with E-state index < -0.39 is 0 Å². The second kappa shape index (κ2) is 9.74. The van der Waals surface area contributed by atoms with Gasteiger partial charge in [0.2, 0.25) is 0 Å². The molecule has 3 nitrogen and oxygen atoms in total. The number of nitrogens with zero attached hydrogens (tertiary/aromatic N) is 1. The summed E-state index contributed by atoms with van der Waals surface area (Å²) in [5.41, 5.74) is 1.84. The Hall–Kier alpha value is -2.20. The van der Waals surface area contributed by atoms with Gasteiger partial charge in [0, 0.05) is 26.0 Å². The zero-order chi connectivity index (χ0) is 16.3. The van der Waals surface area contributed by atoms with E-state index in [4.69, 9.17) is 9.47 Å². The standard InChI is InChI=1S/C19H22FNO2/c1-2-22-12-4-11-21-14-16-7-9-19(10-8-16)23-15-17-5-3-6-18(20)13-17/h3,5-10,13-14H,2,4,11-12,15H2,1H3. The number of ether oxygens (including phenoxy) is 2. The van der Waals surface area contributed by atoms with Crippen molar-refractivity contribution in [1.82, 2.24) is 0 Å². The van der Waals surface area contributed by atoms with Gasteiger partial charge in [0.25, 0.3) is 0 Å². The van der Waals surface area contributed by atoms with Crippen molar-refractivity contribution in [3.8, 4) is 5.75 Å². The molecule has 0 atom stereocenters. The third-order valence-electron chi connectivity index (χ3n) is 3.20. The summed E-state index contributed by atoms with van der Waals surface area (Å²) in [7, 11) is 0. The fourth-order valence-electron chi connectivity index (χ4n) is 2.02. The Morgan fingerprint density at radius 2 is 1.96 bits per heavy atom. The van der Waals surface area contributed by atoms with Crippen molar-refractivity contribution in [2.75, 3.05) is 19.8 Å². The van der Waals surface area contributed by atoms with Crippen molar-refractivity contribution < 1.29 is 13.9 Å². The van der Waals surface area contributed by atoms with Crippen molar-refractivity contribution in [1.29, 1.82) is 0 Å². The Morgan fingerprint density at radius 3 is 2.70 bits per heavy atom. The van der Waals surface area contributed by atoms with Crippen LogP contribution in [0.2, 0.25) is 0 Å². The highest BCUT2D eigenvalue weighted by molar-refractivity contribution is 5.79. The Balaban J connectivity index is 1.76. The molecule has 0 aliphatic heterocycles. The SMILES string of the molecule is CCOCCCN=Cc1ccc(OCc2cccc(F)c2)cc1. The summed E-state index contributed by atoms with van der Waals surface area (Å²) in [5.74, 6) is 0.504. The minimum absolute atomic E-state index is 0.248. The average Bonchev–Trinajstić information content (AvgIpc) is 2.57. The van der Waals surface area contributed by atoms with Crippen LogP contribution in [0.15, 0.2) is 53.5 Å². The van der Waals surface area contributed by atoms with Gasteiger partial charge in [0.05, 0.1) is 0 Å². The highest BCUT2D eigenvalue weighted by Crippen LogP contribution is 2.14. The maximum atomic E-state index is 13.1. The molecule has 0 bridgehead atoms. The van der Waals surface area contributed by atoms with Crippen LogP contribution >= 0.6 is 0 Å². The van der Waals surface area contributed by atoms with Crippen LogP contribution in [0.5, 0.6) is 5.75 Å². The summed E-state index contributed by atoms with van der Waals surface area (Å²) in [5, 5.41) is 0. The lowest BCUT2D eigenvalue weighted by atomic mass is 10.2. The molecule has 122 valence electrons. The lowest BCUT2D eigenvalue weighted by Gasteiger charge is -2.06. The molecule has 2 aromatic carbocycles. The van der Waals surface area contributed by atoms with Gasteiger partial charge in [-0.15, -0.1) is 0 Å². The van der Waals surface area contributed by atoms with Crippen LogP contribution in [-0.4, -0.2) is 26.0 Å². The van der Waals surface area contributed by atoms with Gasteiger partial charge in [-0.1, -0.05) is 12.1 Å². The van der Waals surface area contributed by atoms with E-state index in [1.54, 1.807) is 6.07 Å². The molecule has 0 saturated carbocycles. The molecule has 0 spiro atoms. The molecule has 4 heteroatoms. The molecule has 2 rings (SSSR count). The number of halogens is 1. The predicted molar refractivity (Wildman–Crippen MR) is 90.7 cm³/mol. The maximum Gasteiger partial charge on any atom is 0.123 e. The summed E-state index contributed by atoms with van der Waals surface area (Å²) >= 11 is 0. The van der Waals surface area contributed by atoms with Gasteiger partial charge in [0.15, 0.2) is 0 Å². The van der Waals surface area contributed by atoms with Crippen molar-refractivity contribution in [3.05, 3.63) is 65.5 Å². The number of benzene rings is 2. The Morgan fingerprint density at radius 1 is 1.13 bits per heavy atom. The number of hydrogen-bond donors (Lipinski definition) is 0. The Kier molecular flexibility index (Phi) is 7.27. The van der Waals surface area contributed by atoms with E-state index in [0.29, 0.717) is 6.61 Å². The molecule has 23 heavy (non-hydrogen) atoms. The highest BCUT2D eigenvalue weighted by Gasteiger charge is 1.98. The van der Waals surface area contributed by atoms with Gasteiger partial charge in [-0.2, -0.15) is 0 Å². The van der Waals surface area contributed by atoms with Gasteiger partial charge in [-0.25, -0.2) is 4.39 Å². The Labute approximate surface area is 136 Å². The zero-order valence-electron chi connectivity index (χ0n) is 13.4. The van der Waals surface area contributed by atoms with Gasteiger partial charge < -0.3 is 9.47 Å². The molecule has 0 radical (unpaired) electrons. The first kappa shape index (κ1) is 17.2. The molecule has 0 aromatic heterocycles. The first-order chi connectivity index (χ1) is 11.3. The first-order valence-corrected chi connectivity index (χ1v) is 7.83. The normalized spacial score (nSPS) is 11.0. The van der Waals surface area contributed by atoms with Gasteiger partial charge >= 0.3 is 0 Å². The molecule has 0 N–H and O–H groups in total. The Bertz CT molecular complexity index is 611. The van der Waals surface area contributed by atoms with E-state index in [-0.39, 0.29) is 5.82 Å². The first-order valence-electron chi connectivity index (χ1n) is 7.83. The summed E-state index contributed by atoms with van der Waals surface area (Å²) < 4.78 is 24.0. The second-order valence-corrected chi connectivity index (χ2v) is 5.07. The van der Waals surface area contributed by atoms with Gasteiger partial charge in [-0.3, -0.25) is 4.99 Å². The smallest absolute Gasteiger partial charge is 0.123 e. The van der Waals surface area contributed by atoms with E-state index in [9.17, 15) is 4.39 Å². The number of rotatable bonds is 9. The molecule has 2 aromatic rings. The fourth-order valence-corrected chi connectivity index (χ4v) is 2.02. The topological polar surface area (TPSA) is 30.8 Å². The predicted octanol–water partition coefficient (Wildman–Crippen LogP) is 4.25. The van der Waals surface area contributed by atoms with Crippen molar-refractivity contribution >= 4 is 6.21 Å². The molecule has 0 aliphatic rings. The van der Waals surface area contributed by atoms with E-state index in [2.05, 4.69) is 4.99 Å². The molecule has 0 amide bonds. The van der Waals surface area contributed by atoms with E-state index >= 15 is 0 Å². The van der Waals surface area contributed by atoms with Crippen LogP contribution in [0.25, 0.3) is 0 Å². The quantitative estimate of drug-likeness (QED) is 0.511. The van der Waals surface area contributed by atoms with Gasteiger partial charge in [0.1, 0.15) is 18.2 Å². The van der Waals surface area contributed by atoms with Crippen LogP contribution in [0.4, 0.5) is 4.39 Å². The zero-order valence-corrected chi connectivity index (χ0v) is 13.4. The van der Waals surface area contributed by atoms with Crippen LogP contribution in [0.3, 0.4) is 0 Å². The third-order valence-corrected chi connectivity index (χ3v) is 3.20. The monoisotopic (exact) mass is 315 g/mol. The van der Waals surface area contributed by atoms with E-state index in [1.807, 2.05) is 43.5 Å². The highest BCUT2D eigenvalue weighted by atomic mass is 19.1. The lowest BCUT2D eigenvalue weighted by Crippen LogP contribution is -1.96. The van der Waals surface area contributed by atoms with E-state index in [0.717, 1.165) is 43.1 Å². The number of aliphatic imine (C=N–C) groups is 1. The van der Waals surface area contributed by atoms with Crippen molar-refractivity contribution in [3.63, 3.8) is 0 Å². The van der Waals surface area contributed by atoms with Crippen LogP contribution in [-0.2, 0) is 11.3 Å². The summed E-state index contributed by atoms with van der Waals surface area (Å²) in [6.07, 6.45) is 2.78. The lowest BCUT2D eigenvalue weighted by molar-refractivity contribution is 0.146. The minimum atomic E-state index is -0.248. The summed E-state index contributed by atoms with van der Waals surface area (Å²) in [6, 6.07) is 14.1. The van der Waals surface area contributed by atoms with Crippen LogP contribution in [0, 0.1) is 5.82 Å². The molecule has 0 saturated heterocycles.